The van der Waals surface area contributed by atoms with Crippen LogP contribution in [-0.4, -0.2) is 40.4 Å². The van der Waals surface area contributed by atoms with Gasteiger partial charge in [-0.15, -0.1) is 0 Å². The molecule has 0 bridgehead atoms. The van der Waals surface area contributed by atoms with E-state index >= 15 is 0 Å². The van der Waals surface area contributed by atoms with E-state index in [1.165, 1.54) is 0 Å². The number of aliphatic hydroxyl groups is 1. The molecule has 0 aliphatic heterocycles. The van der Waals surface area contributed by atoms with Gasteiger partial charge in [0, 0.05) is 32.2 Å². The highest BCUT2D eigenvalue weighted by molar-refractivity contribution is 7.89. The van der Waals surface area contributed by atoms with Gasteiger partial charge < -0.3 is 9.84 Å². The average molecular weight is 311 g/mol. The molecule has 0 aromatic heterocycles. The van der Waals surface area contributed by atoms with Gasteiger partial charge in [0.2, 0.25) is 10.0 Å². The van der Waals surface area contributed by atoms with Crippen LogP contribution in [0.5, 0.6) is 0 Å². The lowest BCUT2D eigenvalue weighted by Crippen LogP contribution is -2.26. The molecule has 0 heterocycles. The third-order valence-electron chi connectivity index (χ3n) is 2.76. The second-order valence-electron chi connectivity index (χ2n) is 4.50. The molecule has 0 saturated carbocycles. The smallest absolute Gasteiger partial charge is 0.240 e. The number of hydrogen-bond acceptors (Lipinski definition) is 4. The first-order chi connectivity index (χ1) is 10.0. The maximum absolute atomic E-state index is 12.3. The molecule has 0 saturated heterocycles. The molecule has 0 aliphatic rings. The van der Waals surface area contributed by atoms with Gasteiger partial charge in [-0.1, -0.05) is 17.9 Å². The molecule has 5 nitrogen and oxygen atoms in total. The van der Waals surface area contributed by atoms with Crippen LogP contribution < -0.4 is 4.72 Å². The maximum Gasteiger partial charge on any atom is 0.240 e. The van der Waals surface area contributed by atoms with Gasteiger partial charge in [0.25, 0.3) is 0 Å². The second kappa shape index (κ2) is 8.80. The van der Waals surface area contributed by atoms with Gasteiger partial charge in [-0.3, -0.25) is 0 Å². The first kappa shape index (κ1) is 17.7. The van der Waals surface area contributed by atoms with Crippen molar-refractivity contribution >= 4 is 10.0 Å². The van der Waals surface area contributed by atoms with E-state index in [0.29, 0.717) is 37.1 Å². The van der Waals surface area contributed by atoms with Crippen molar-refractivity contribution in [2.45, 2.75) is 24.7 Å². The zero-order valence-electron chi connectivity index (χ0n) is 12.3. The Morgan fingerprint density at radius 3 is 2.81 bits per heavy atom. The van der Waals surface area contributed by atoms with E-state index in [1.807, 2.05) is 0 Å². The molecule has 0 fully saturated rings. The minimum absolute atomic E-state index is 0.00886. The van der Waals surface area contributed by atoms with Crippen molar-refractivity contribution in [2.75, 3.05) is 26.9 Å². The Labute approximate surface area is 126 Å². The minimum Gasteiger partial charge on any atom is -0.395 e. The van der Waals surface area contributed by atoms with Crippen LogP contribution in [0.3, 0.4) is 0 Å². The van der Waals surface area contributed by atoms with E-state index in [4.69, 9.17) is 9.84 Å². The van der Waals surface area contributed by atoms with E-state index in [9.17, 15) is 8.42 Å². The number of benzene rings is 1. The SMILES string of the molecule is COCCCNS(=O)(=O)c1cc(C#CCCO)ccc1C. The first-order valence-electron chi connectivity index (χ1n) is 6.70. The molecule has 116 valence electrons. The van der Waals surface area contributed by atoms with Crippen LogP contribution in [0.25, 0.3) is 0 Å². The molecule has 0 aliphatic carbocycles. The summed E-state index contributed by atoms with van der Waals surface area (Å²) >= 11 is 0. The summed E-state index contributed by atoms with van der Waals surface area (Å²) in [7, 11) is -1.97. The van der Waals surface area contributed by atoms with Crippen molar-refractivity contribution in [1.29, 1.82) is 0 Å². The predicted octanol–water partition coefficient (Wildman–Crippen LogP) is 1.04. The van der Waals surface area contributed by atoms with Crippen molar-refractivity contribution in [1.82, 2.24) is 4.72 Å². The van der Waals surface area contributed by atoms with Gasteiger partial charge in [-0.2, -0.15) is 0 Å². The Bertz CT molecular complexity index is 614. The van der Waals surface area contributed by atoms with Crippen LogP contribution in [-0.2, 0) is 14.8 Å². The molecular weight excluding hydrogens is 290 g/mol. The largest absolute Gasteiger partial charge is 0.395 e. The van der Waals surface area contributed by atoms with Crippen LogP contribution in [0, 0.1) is 18.8 Å². The zero-order chi connectivity index (χ0) is 15.7. The summed E-state index contributed by atoms with van der Waals surface area (Å²) in [5.41, 5.74) is 1.29. The number of methoxy groups -OCH3 is 1. The Morgan fingerprint density at radius 1 is 1.38 bits per heavy atom. The van der Waals surface area contributed by atoms with Crippen LogP contribution in [0.4, 0.5) is 0 Å². The van der Waals surface area contributed by atoms with Crippen LogP contribution >= 0.6 is 0 Å². The average Bonchev–Trinajstić information content (AvgIpc) is 2.45. The molecule has 1 aromatic rings. The summed E-state index contributed by atoms with van der Waals surface area (Å²) in [6, 6.07) is 5.05. The van der Waals surface area contributed by atoms with Gasteiger partial charge >= 0.3 is 0 Å². The molecule has 0 spiro atoms. The number of sulfonamides is 1. The van der Waals surface area contributed by atoms with Gasteiger partial charge in [0.15, 0.2) is 0 Å². The zero-order valence-corrected chi connectivity index (χ0v) is 13.2. The molecule has 0 atom stereocenters. The predicted molar refractivity (Wildman–Crippen MR) is 81.4 cm³/mol. The fourth-order valence-corrected chi connectivity index (χ4v) is 3.03. The van der Waals surface area contributed by atoms with Gasteiger partial charge in [-0.25, -0.2) is 13.1 Å². The number of aryl methyl sites for hydroxylation is 1. The Morgan fingerprint density at radius 2 is 2.14 bits per heavy atom. The molecule has 6 heteroatoms. The first-order valence-corrected chi connectivity index (χ1v) is 8.18. The minimum atomic E-state index is -3.55. The van der Waals surface area contributed by atoms with Gasteiger partial charge in [0.1, 0.15) is 0 Å². The monoisotopic (exact) mass is 311 g/mol. The third kappa shape index (κ3) is 5.86. The Balaban J connectivity index is 2.90. The highest BCUT2D eigenvalue weighted by Crippen LogP contribution is 2.16. The fraction of sp³-hybridized carbons (Fsp3) is 0.467. The highest BCUT2D eigenvalue weighted by Gasteiger charge is 2.16. The lowest BCUT2D eigenvalue weighted by atomic mass is 10.1. The van der Waals surface area contributed by atoms with Crippen LogP contribution in [0.15, 0.2) is 23.1 Å². The van der Waals surface area contributed by atoms with Crippen molar-refractivity contribution in [3.8, 4) is 11.8 Å². The number of rotatable bonds is 7. The summed E-state index contributed by atoms with van der Waals surface area (Å²) in [6.45, 7) is 2.57. The Kier molecular flexibility index (Phi) is 7.40. The molecule has 21 heavy (non-hydrogen) atoms. The van der Waals surface area contributed by atoms with E-state index in [0.717, 1.165) is 0 Å². The number of ether oxygens (including phenoxy) is 1. The number of hydrogen-bond donors (Lipinski definition) is 2. The lowest BCUT2D eigenvalue weighted by molar-refractivity contribution is 0.196. The number of aliphatic hydroxyl groups excluding tert-OH is 1. The van der Waals surface area contributed by atoms with Crippen LogP contribution in [0.2, 0.25) is 0 Å². The maximum atomic E-state index is 12.3. The highest BCUT2D eigenvalue weighted by atomic mass is 32.2. The van der Waals surface area contributed by atoms with E-state index in [-0.39, 0.29) is 11.5 Å². The fourth-order valence-electron chi connectivity index (χ4n) is 1.69. The molecule has 0 unspecified atom stereocenters. The molecule has 2 N–H and O–H groups in total. The van der Waals surface area contributed by atoms with Crippen LogP contribution in [0.1, 0.15) is 24.0 Å². The van der Waals surface area contributed by atoms with Gasteiger partial charge in [0.05, 0.1) is 11.5 Å². The number of nitrogens with one attached hydrogen (secondary N) is 1. The third-order valence-corrected chi connectivity index (χ3v) is 4.37. The summed E-state index contributed by atoms with van der Waals surface area (Å²) in [6.07, 6.45) is 0.982. The van der Waals surface area contributed by atoms with E-state index < -0.39 is 10.0 Å². The summed E-state index contributed by atoms with van der Waals surface area (Å²) < 4.78 is 32.0. The lowest BCUT2D eigenvalue weighted by Gasteiger charge is -2.09. The van der Waals surface area contributed by atoms with Crippen molar-refractivity contribution in [3.63, 3.8) is 0 Å². The second-order valence-corrected chi connectivity index (χ2v) is 6.24. The quantitative estimate of drug-likeness (QED) is 0.583. The molecule has 0 amide bonds. The summed E-state index contributed by atoms with van der Waals surface area (Å²) in [4.78, 5) is 0.232. The Hall–Kier alpha value is -1.39. The van der Waals surface area contributed by atoms with Crippen molar-refractivity contribution in [3.05, 3.63) is 29.3 Å². The molecule has 1 aromatic carbocycles. The van der Waals surface area contributed by atoms with Gasteiger partial charge in [-0.05, 0) is 31.0 Å². The molecule has 1 rings (SSSR count). The standard InChI is InChI=1S/C15H21NO4S/c1-13-7-8-14(6-3-4-10-17)12-15(13)21(18,19)16-9-5-11-20-2/h7-8,12,16-17H,4-5,9-11H2,1-2H3. The molecule has 0 radical (unpaired) electrons. The molecular formula is C15H21NO4S. The topological polar surface area (TPSA) is 75.6 Å². The van der Waals surface area contributed by atoms with E-state index in [1.54, 1.807) is 32.2 Å². The summed E-state index contributed by atoms with van der Waals surface area (Å²) in [5.74, 6) is 5.62. The van der Waals surface area contributed by atoms with Crippen molar-refractivity contribution in [2.24, 2.45) is 0 Å². The van der Waals surface area contributed by atoms with Crippen molar-refractivity contribution < 1.29 is 18.3 Å². The normalized spacial score (nSPS) is 11.0. The summed E-state index contributed by atoms with van der Waals surface area (Å²) in [5, 5.41) is 8.69. The van der Waals surface area contributed by atoms with E-state index in [2.05, 4.69) is 16.6 Å².